The molecule has 166 valence electrons. The molecule has 0 aliphatic carbocycles. The molecule has 1 aromatic rings. The van der Waals surface area contributed by atoms with E-state index in [0.717, 1.165) is 51.4 Å². The third kappa shape index (κ3) is 11.4. The quantitative estimate of drug-likeness (QED) is 0.202. The predicted octanol–water partition coefficient (Wildman–Crippen LogP) is 7.29. The maximum atomic E-state index is 12.9. The van der Waals surface area contributed by atoms with Gasteiger partial charge in [0.15, 0.2) is 0 Å². The highest BCUT2D eigenvalue weighted by molar-refractivity contribution is 5.90. The molecular weight excluding hydrogens is 360 g/mol. The Kier molecular flexibility index (Phi) is 14.6. The number of aryl methyl sites for hydroxylation is 2. The molecule has 0 aliphatic rings. The SMILES string of the molecule is CCCCCCCCC(COC)OC(=O)c1cc(CCCC)cc(CCCC)c1. The Balaban J connectivity index is 2.70. The summed E-state index contributed by atoms with van der Waals surface area (Å²) in [4.78, 5) is 12.9. The number of hydrogen-bond donors (Lipinski definition) is 0. The van der Waals surface area contributed by atoms with Crippen LogP contribution in [0.3, 0.4) is 0 Å². The summed E-state index contributed by atoms with van der Waals surface area (Å²) in [5.41, 5.74) is 3.21. The number of benzene rings is 1. The molecular formula is C26H44O3. The molecule has 3 heteroatoms. The van der Waals surface area contributed by atoms with Crippen LogP contribution in [0.25, 0.3) is 0 Å². The van der Waals surface area contributed by atoms with Crippen molar-refractivity contribution < 1.29 is 14.3 Å². The minimum atomic E-state index is -0.200. The normalized spacial score (nSPS) is 12.1. The molecule has 1 atom stereocenters. The van der Waals surface area contributed by atoms with E-state index in [1.165, 1.54) is 43.2 Å². The van der Waals surface area contributed by atoms with Gasteiger partial charge in [-0.05, 0) is 61.8 Å². The minimum absolute atomic E-state index is 0.155. The Morgan fingerprint density at radius 1 is 0.793 bits per heavy atom. The second kappa shape index (κ2) is 16.4. The molecule has 0 heterocycles. The molecule has 1 rings (SSSR count). The summed E-state index contributed by atoms with van der Waals surface area (Å²) in [5.74, 6) is -0.200. The number of rotatable bonds is 17. The van der Waals surface area contributed by atoms with Gasteiger partial charge in [-0.3, -0.25) is 0 Å². The summed E-state index contributed by atoms with van der Waals surface area (Å²) in [5, 5.41) is 0. The lowest BCUT2D eigenvalue weighted by Crippen LogP contribution is -2.23. The topological polar surface area (TPSA) is 35.5 Å². The number of ether oxygens (including phenoxy) is 2. The van der Waals surface area contributed by atoms with Crippen molar-refractivity contribution in [2.45, 2.75) is 110 Å². The van der Waals surface area contributed by atoms with Crippen molar-refractivity contribution in [1.29, 1.82) is 0 Å². The summed E-state index contributed by atoms with van der Waals surface area (Å²) < 4.78 is 11.2. The van der Waals surface area contributed by atoms with Gasteiger partial charge >= 0.3 is 5.97 Å². The van der Waals surface area contributed by atoms with E-state index in [9.17, 15) is 4.79 Å². The predicted molar refractivity (Wildman–Crippen MR) is 123 cm³/mol. The first kappa shape index (κ1) is 25.7. The van der Waals surface area contributed by atoms with Crippen molar-refractivity contribution >= 4 is 5.97 Å². The molecule has 1 aromatic carbocycles. The van der Waals surface area contributed by atoms with Gasteiger partial charge in [0.05, 0.1) is 12.2 Å². The molecule has 3 nitrogen and oxygen atoms in total. The number of carbonyl (C=O) groups is 1. The first-order valence-electron chi connectivity index (χ1n) is 12.0. The highest BCUT2D eigenvalue weighted by atomic mass is 16.6. The third-order valence-electron chi connectivity index (χ3n) is 5.43. The largest absolute Gasteiger partial charge is 0.456 e. The Morgan fingerprint density at radius 3 is 1.90 bits per heavy atom. The van der Waals surface area contributed by atoms with Gasteiger partial charge < -0.3 is 9.47 Å². The van der Waals surface area contributed by atoms with E-state index in [1.807, 2.05) is 12.1 Å². The van der Waals surface area contributed by atoms with Crippen molar-refractivity contribution in [3.63, 3.8) is 0 Å². The Hall–Kier alpha value is -1.35. The number of esters is 1. The molecule has 0 saturated heterocycles. The van der Waals surface area contributed by atoms with Crippen LogP contribution in [-0.2, 0) is 22.3 Å². The lowest BCUT2D eigenvalue weighted by atomic mass is 9.98. The van der Waals surface area contributed by atoms with Crippen LogP contribution in [0.4, 0.5) is 0 Å². The average Bonchev–Trinajstić information content (AvgIpc) is 2.73. The zero-order chi connectivity index (χ0) is 21.3. The Labute approximate surface area is 179 Å². The van der Waals surface area contributed by atoms with Gasteiger partial charge in [-0.15, -0.1) is 0 Å². The molecule has 29 heavy (non-hydrogen) atoms. The zero-order valence-corrected chi connectivity index (χ0v) is 19.4. The monoisotopic (exact) mass is 404 g/mol. The van der Waals surface area contributed by atoms with E-state index in [2.05, 4.69) is 26.8 Å². The summed E-state index contributed by atoms with van der Waals surface area (Å²) in [7, 11) is 1.68. The van der Waals surface area contributed by atoms with Gasteiger partial charge in [-0.2, -0.15) is 0 Å². The molecule has 0 N–H and O–H groups in total. The van der Waals surface area contributed by atoms with Crippen molar-refractivity contribution in [2.75, 3.05) is 13.7 Å². The molecule has 0 spiro atoms. The van der Waals surface area contributed by atoms with Crippen LogP contribution < -0.4 is 0 Å². The minimum Gasteiger partial charge on any atom is -0.456 e. The molecule has 1 unspecified atom stereocenters. The molecule has 0 aromatic heterocycles. The number of unbranched alkanes of at least 4 members (excludes halogenated alkanes) is 7. The van der Waals surface area contributed by atoms with E-state index in [-0.39, 0.29) is 12.1 Å². The van der Waals surface area contributed by atoms with Crippen LogP contribution in [-0.4, -0.2) is 25.8 Å². The average molecular weight is 405 g/mol. The van der Waals surface area contributed by atoms with Crippen molar-refractivity contribution in [3.8, 4) is 0 Å². The first-order valence-corrected chi connectivity index (χ1v) is 12.0. The number of hydrogen-bond acceptors (Lipinski definition) is 3. The molecule has 0 aliphatic heterocycles. The first-order chi connectivity index (χ1) is 14.1. The van der Waals surface area contributed by atoms with E-state index >= 15 is 0 Å². The van der Waals surface area contributed by atoms with Crippen LogP contribution in [0.15, 0.2) is 18.2 Å². The number of carbonyl (C=O) groups excluding carboxylic acids is 1. The van der Waals surface area contributed by atoms with Gasteiger partial charge in [-0.1, -0.05) is 71.8 Å². The van der Waals surface area contributed by atoms with Crippen LogP contribution in [0.5, 0.6) is 0 Å². The van der Waals surface area contributed by atoms with E-state index < -0.39 is 0 Å². The lowest BCUT2D eigenvalue weighted by molar-refractivity contribution is 0.00235. The second-order valence-electron chi connectivity index (χ2n) is 8.28. The van der Waals surface area contributed by atoms with Crippen molar-refractivity contribution in [2.24, 2.45) is 0 Å². The molecule has 0 radical (unpaired) electrons. The molecule has 0 bridgehead atoms. The van der Waals surface area contributed by atoms with Crippen LogP contribution >= 0.6 is 0 Å². The highest BCUT2D eigenvalue weighted by Gasteiger charge is 2.17. The Bertz CT molecular complexity index is 527. The summed E-state index contributed by atoms with van der Waals surface area (Å²) in [6, 6.07) is 6.33. The van der Waals surface area contributed by atoms with Crippen LogP contribution in [0.1, 0.15) is 113 Å². The standard InChI is InChI=1S/C26H44O3/c1-5-8-11-12-13-14-17-25(21-28-4)29-26(27)24-19-22(15-9-6-2)18-23(20-24)16-10-7-3/h18-20,25H,5-17,21H2,1-4H3. The maximum Gasteiger partial charge on any atom is 0.338 e. The fourth-order valence-electron chi connectivity index (χ4n) is 3.66. The van der Waals surface area contributed by atoms with Gasteiger partial charge in [0.25, 0.3) is 0 Å². The van der Waals surface area contributed by atoms with E-state index in [0.29, 0.717) is 12.2 Å². The fraction of sp³-hybridized carbons (Fsp3) is 0.731. The fourth-order valence-corrected chi connectivity index (χ4v) is 3.66. The second-order valence-corrected chi connectivity index (χ2v) is 8.28. The summed E-state index contributed by atoms with van der Waals surface area (Å²) in [6.45, 7) is 7.11. The van der Waals surface area contributed by atoms with Gasteiger partial charge in [-0.25, -0.2) is 4.79 Å². The van der Waals surface area contributed by atoms with E-state index in [4.69, 9.17) is 9.47 Å². The molecule has 0 amide bonds. The third-order valence-corrected chi connectivity index (χ3v) is 5.43. The molecule has 0 saturated carbocycles. The highest BCUT2D eigenvalue weighted by Crippen LogP contribution is 2.18. The summed E-state index contributed by atoms with van der Waals surface area (Å²) >= 11 is 0. The van der Waals surface area contributed by atoms with Crippen molar-refractivity contribution in [1.82, 2.24) is 0 Å². The lowest BCUT2D eigenvalue weighted by Gasteiger charge is -2.18. The van der Waals surface area contributed by atoms with Gasteiger partial charge in [0.1, 0.15) is 6.10 Å². The van der Waals surface area contributed by atoms with Gasteiger partial charge in [0.2, 0.25) is 0 Å². The van der Waals surface area contributed by atoms with E-state index in [1.54, 1.807) is 7.11 Å². The van der Waals surface area contributed by atoms with Crippen LogP contribution in [0, 0.1) is 0 Å². The zero-order valence-electron chi connectivity index (χ0n) is 19.4. The summed E-state index contributed by atoms with van der Waals surface area (Å²) in [6.07, 6.45) is 14.8. The number of methoxy groups -OCH3 is 1. The smallest absolute Gasteiger partial charge is 0.338 e. The van der Waals surface area contributed by atoms with Crippen molar-refractivity contribution in [3.05, 3.63) is 34.9 Å². The maximum absolute atomic E-state index is 12.9. The van der Waals surface area contributed by atoms with Crippen LogP contribution in [0.2, 0.25) is 0 Å². The van der Waals surface area contributed by atoms with Gasteiger partial charge in [0, 0.05) is 7.11 Å². The molecule has 0 fully saturated rings. The Morgan fingerprint density at radius 2 is 1.34 bits per heavy atom.